The van der Waals surface area contributed by atoms with Crippen LogP contribution in [0.1, 0.15) is 53.0 Å². The number of benzene rings is 1. The van der Waals surface area contributed by atoms with E-state index in [1.165, 1.54) is 5.56 Å². The Kier molecular flexibility index (Phi) is 5.04. The Morgan fingerprint density at radius 3 is 2.22 bits per heavy atom. The summed E-state index contributed by atoms with van der Waals surface area (Å²) >= 11 is 0. The molecular formula is C19H31N2O2+. The van der Waals surface area contributed by atoms with Gasteiger partial charge in [0.05, 0.1) is 11.1 Å². The Morgan fingerprint density at radius 2 is 1.70 bits per heavy atom. The molecule has 1 fully saturated rings. The molecule has 1 aromatic rings. The van der Waals surface area contributed by atoms with E-state index in [1.807, 2.05) is 31.2 Å². The number of hydrogen-bond donors (Lipinski definition) is 2. The number of piperidine rings is 1. The molecule has 0 spiro atoms. The minimum atomic E-state index is -0.491. The zero-order chi connectivity index (χ0) is 17.3. The molecule has 128 valence electrons. The predicted molar refractivity (Wildman–Crippen MR) is 92.5 cm³/mol. The molecule has 1 aromatic carbocycles. The second kappa shape index (κ2) is 6.52. The zero-order valence-corrected chi connectivity index (χ0v) is 15.3. The third-order valence-electron chi connectivity index (χ3n) is 4.38. The van der Waals surface area contributed by atoms with E-state index in [0.29, 0.717) is 0 Å². The highest BCUT2D eigenvalue weighted by atomic mass is 16.5. The van der Waals surface area contributed by atoms with Gasteiger partial charge in [0, 0.05) is 18.9 Å². The number of ether oxygens (including phenoxy) is 1. The van der Waals surface area contributed by atoms with Crippen molar-refractivity contribution < 1.29 is 14.8 Å². The smallest absolute Gasteiger partial charge is 0.261 e. The topological polar surface area (TPSA) is 54.9 Å². The molecule has 4 nitrogen and oxygen atoms in total. The molecular weight excluding hydrogens is 288 g/mol. The number of hydrogen-bond acceptors (Lipinski definition) is 2. The van der Waals surface area contributed by atoms with Crippen LogP contribution < -0.4 is 15.4 Å². The van der Waals surface area contributed by atoms with E-state index in [0.717, 1.165) is 18.6 Å². The summed E-state index contributed by atoms with van der Waals surface area (Å²) < 4.78 is 5.76. The molecule has 0 saturated carbocycles. The van der Waals surface area contributed by atoms with E-state index in [9.17, 15) is 4.79 Å². The molecule has 1 saturated heterocycles. The highest BCUT2D eigenvalue weighted by Gasteiger charge is 2.42. The van der Waals surface area contributed by atoms with Crippen molar-refractivity contribution in [2.45, 2.75) is 77.6 Å². The normalized spacial score (nSPS) is 21.5. The van der Waals surface area contributed by atoms with E-state index in [-0.39, 0.29) is 23.0 Å². The lowest BCUT2D eigenvalue weighted by molar-refractivity contribution is -0.787. The van der Waals surface area contributed by atoms with Crippen LogP contribution in [0.25, 0.3) is 0 Å². The van der Waals surface area contributed by atoms with Crippen LogP contribution in [-0.2, 0) is 4.79 Å². The van der Waals surface area contributed by atoms with Gasteiger partial charge in [-0.1, -0.05) is 17.7 Å². The zero-order valence-electron chi connectivity index (χ0n) is 15.3. The first-order valence-corrected chi connectivity index (χ1v) is 8.47. The van der Waals surface area contributed by atoms with Gasteiger partial charge in [-0.2, -0.15) is 0 Å². The standard InChI is InChI=1S/C19H30N2O2/c1-13-7-9-16(10-8-13)23-14(2)17(22)20-15-11-18(3,4)21-19(5,6)12-15/h7-10,14-15,21H,11-12H2,1-6H3,(H,20,22)/p+1/t14-/m1/s1. The van der Waals surface area contributed by atoms with Gasteiger partial charge in [-0.3, -0.25) is 4.79 Å². The number of amides is 1. The Balaban J connectivity index is 1.94. The second-order valence-corrected chi connectivity index (χ2v) is 8.31. The van der Waals surface area contributed by atoms with Crippen LogP contribution in [0.15, 0.2) is 24.3 Å². The van der Waals surface area contributed by atoms with Crippen LogP contribution in [0.5, 0.6) is 5.75 Å². The van der Waals surface area contributed by atoms with Gasteiger partial charge >= 0.3 is 0 Å². The summed E-state index contributed by atoms with van der Waals surface area (Å²) in [5.74, 6) is 0.694. The fraction of sp³-hybridized carbons (Fsp3) is 0.632. The molecule has 23 heavy (non-hydrogen) atoms. The third-order valence-corrected chi connectivity index (χ3v) is 4.38. The summed E-state index contributed by atoms with van der Waals surface area (Å²) in [7, 11) is 0. The fourth-order valence-corrected chi connectivity index (χ4v) is 3.81. The number of nitrogens with two attached hydrogens (primary N) is 1. The Labute approximate surface area is 140 Å². The van der Waals surface area contributed by atoms with Crippen molar-refractivity contribution in [3.63, 3.8) is 0 Å². The van der Waals surface area contributed by atoms with Crippen molar-refractivity contribution in [3.8, 4) is 5.75 Å². The van der Waals surface area contributed by atoms with Crippen LogP contribution in [0.4, 0.5) is 0 Å². The molecule has 1 aliphatic heterocycles. The minimum Gasteiger partial charge on any atom is -0.481 e. The van der Waals surface area contributed by atoms with E-state index >= 15 is 0 Å². The van der Waals surface area contributed by atoms with Crippen molar-refractivity contribution in [1.82, 2.24) is 5.32 Å². The van der Waals surface area contributed by atoms with Gasteiger partial charge < -0.3 is 15.4 Å². The molecule has 1 amide bonds. The lowest BCUT2D eigenvalue weighted by Crippen LogP contribution is -3.06. The van der Waals surface area contributed by atoms with Gasteiger partial charge in [-0.15, -0.1) is 0 Å². The third kappa shape index (κ3) is 5.24. The van der Waals surface area contributed by atoms with E-state index in [1.54, 1.807) is 6.92 Å². The summed E-state index contributed by atoms with van der Waals surface area (Å²) in [5, 5.41) is 5.59. The Hall–Kier alpha value is -1.55. The predicted octanol–water partition coefficient (Wildman–Crippen LogP) is 2.16. The first-order valence-electron chi connectivity index (χ1n) is 8.47. The van der Waals surface area contributed by atoms with Crippen molar-refractivity contribution in [1.29, 1.82) is 0 Å². The molecule has 4 heteroatoms. The van der Waals surface area contributed by atoms with Gasteiger partial charge in [0.15, 0.2) is 6.10 Å². The number of aryl methyl sites for hydroxylation is 1. The van der Waals surface area contributed by atoms with Crippen molar-refractivity contribution >= 4 is 5.91 Å². The van der Waals surface area contributed by atoms with Crippen molar-refractivity contribution in [2.24, 2.45) is 0 Å². The maximum absolute atomic E-state index is 12.5. The second-order valence-electron chi connectivity index (χ2n) is 8.31. The average Bonchev–Trinajstić information content (AvgIpc) is 2.37. The summed E-state index contributed by atoms with van der Waals surface area (Å²) in [6.45, 7) is 12.8. The SMILES string of the molecule is Cc1ccc(O[C@H](C)C(=O)NC2CC(C)(C)[NH2+]C(C)(C)C2)cc1. The van der Waals surface area contributed by atoms with E-state index in [2.05, 4.69) is 38.3 Å². The molecule has 1 atom stereocenters. The highest BCUT2D eigenvalue weighted by molar-refractivity contribution is 5.81. The quantitative estimate of drug-likeness (QED) is 0.893. The van der Waals surface area contributed by atoms with Gasteiger partial charge in [0.2, 0.25) is 0 Å². The fourth-order valence-electron chi connectivity index (χ4n) is 3.81. The summed E-state index contributed by atoms with van der Waals surface area (Å²) in [6, 6.07) is 7.98. The van der Waals surface area contributed by atoms with Crippen LogP contribution in [-0.4, -0.2) is 29.1 Å². The molecule has 0 aromatic heterocycles. The van der Waals surface area contributed by atoms with Gasteiger partial charge in [0.25, 0.3) is 5.91 Å². The van der Waals surface area contributed by atoms with Crippen LogP contribution in [0.2, 0.25) is 0 Å². The van der Waals surface area contributed by atoms with Gasteiger partial charge in [-0.25, -0.2) is 0 Å². The van der Waals surface area contributed by atoms with Crippen LogP contribution in [0, 0.1) is 6.92 Å². The number of nitrogens with one attached hydrogen (secondary N) is 1. The first-order chi connectivity index (χ1) is 10.6. The average molecular weight is 319 g/mol. The lowest BCUT2D eigenvalue weighted by atomic mass is 9.79. The number of quaternary nitrogens is 1. The molecule has 0 aliphatic carbocycles. The molecule has 1 aliphatic rings. The maximum Gasteiger partial charge on any atom is 0.261 e. The summed E-state index contributed by atoms with van der Waals surface area (Å²) in [6.07, 6.45) is 1.45. The van der Waals surface area contributed by atoms with Crippen molar-refractivity contribution in [3.05, 3.63) is 29.8 Å². The summed E-state index contributed by atoms with van der Waals surface area (Å²) in [4.78, 5) is 12.5. The molecule has 0 unspecified atom stereocenters. The van der Waals surface area contributed by atoms with Gasteiger partial charge in [-0.05, 0) is 53.7 Å². The monoisotopic (exact) mass is 319 g/mol. The molecule has 3 N–H and O–H groups in total. The minimum absolute atomic E-state index is 0.0379. The summed E-state index contributed by atoms with van der Waals surface area (Å²) in [5.41, 5.74) is 1.46. The number of rotatable bonds is 4. The highest BCUT2D eigenvalue weighted by Crippen LogP contribution is 2.22. The number of carbonyl (C=O) groups excluding carboxylic acids is 1. The lowest BCUT2D eigenvalue weighted by Gasteiger charge is -2.43. The maximum atomic E-state index is 12.5. The Bertz CT molecular complexity index is 533. The van der Waals surface area contributed by atoms with E-state index < -0.39 is 6.10 Å². The molecule has 0 radical (unpaired) electrons. The molecule has 1 heterocycles. The molecule has 2 rings (SSSR count). The number of carbonyl (C=O) groups is 1. The van der Waals surface area contributed by atoms with Gasteiger partial charge in [0.1, 0.15) is 5.75 Å². The van der Waals surface area contributed by atoms with Crippen LogP contribution in [0.3, 0.4) is 0 Å². The first kappa shape index (κ1) is 17.8. The van der Waals surface area contributed by atoms with E-state index in [4.69, 9.17) is 4.74 Å². The molecule has 0 bridgehead atoms. The largest absolute Gasteiger partial charge is 0.481 e. The Morgan fingerprint density at radius 1 is 1.17 bits per heavy atom. The van der Waals surface area contributed by atoms with Crippen LogP contribution >= 0.6 is 0 Å². The van der Waals surface area contributed by atoms with Crippen molar-refractivity contribution in [2.75, 3.05) is 0 Å².